The Morgan fingerprint density at radius 3 is 2.41 bits per heavy atom. The van der Waals surface area contributed by atoms with E-state index in [1.807, 2.05) is 6.07 Å². The molecule has 1 aromatic carbocycles. The molecule has 2 amide bonds. The molecule has 5 nitrogen and oxygen atoms in total. The molecule has 0 saturated heterocycles. The average molecular weight is 298 g/mol. The van der Waals surface area contributed by atoms with Gasteiger partial charge in [0.05, 0.1) is 6.26 Å². The number of hydrogen-bond acceptors (Lipinski definition) is 3. The Kier molecular flexibility index (Phi) is 4.23. The van der Waals surface area contributed by atoms with E-state index >= 15 is 0 Å². The maximum atomic E-state index is 12.1. The molecule has 1 aliphatic rings. The summed E-state index contributed by atoms with van der Waals surface area (Å²) in [5, 5.41) is 5.66. The molecule has 0 unspecified atom stereocenters. The number of carbonyl (C=O) groups excluding carboxylic acids is 2. The van der Waals surface area contributed by atoms with E-state index < -0.39 is 0 Å². The lowest BCUT2D eigenvalue weighted by Crippen LogP contribution is -2.20. The normalized spacial score (nSPS) is 14.7. The fourth-order valence-electron chi connectivity index (χ4n) is 2.71. The van der Waals surface area contributed by atoms with Gasteiger partial charge in [0.25, 0.3) is 5.91 Å². The van der Waals surface area contributed by atoms with Gasteiger partial charge in [-0.05, 0) is 43.2 Å². The van der Waals surface area contributed by atoms with E-state index in [1.54, 1.807) is 30.3 Å². The molecule has 1 aliphatic carbocycles. The predicted molar refractivity (Wildman–Crippen MR) is 83.7 cm³/mol. The summed E-state index contributed by atoms with van der Waals surface area (Å²) in [4.78, 5) is 24.0. The molecule has 1 aromatic heterocycles. The number of furan rings is 1. The Bertz CT molecular complexity index is 658. The zero-order chi connectivity index (χ0) is 15.4. The molecule has 3 rings (SSSR count). The van der Waals surface area contributed by atoms with Gasteiger partial charge in [-0.15, -0.1) is 0 Å². The van der Waals surface area contributed by atoms with Crippen LogP contribution < -0.4 is 10.6 Å². The number of rotatable bonds is 4. The van der Waals surface area contributed by atoms with Crippen molar-refractivity contribution in [2.24, 2.45) is 5.92 Å². The molecule has 114 valence electrons. The van der Waals surface area contributed by atoms with Crippen LogP contribution in [0.1, 0.15) is 36.2 Å². The second-order valence-corrected chi connectivity index (χ2v) is 5.48. The minimum atomic E-state index is -0.315. The summed E-state index contributed by atoms with van der Waals surface area (Å²) in [7, 11) is 0. The Morgan fingerprint density at radius 1 is 1.00 bits per heavy atom. The van der Waals surface area contributed by atoms with Gasteiger partial charge in [0.1, 0.15) is 0 Å². The third kappa shape index (κ3) is 3.36. The van der Waals surface area contributed by atoms with Crippen molar-refractivity contribution in [2.45, 2.75) is 25.7 Å². The monoisotopic (exact) mass is 298 g/mol. The molecule has 1 heterocycles. The summed E-state index contributed by atoms with van der Waals surface area (Å²) < 4.78 is 5.05. The smallest absolute Gasteiger partial charge is 0.291 e. The van der Waals surface area contributed by atoms with Crippen LogP contribution >= 0.6 is 0 Å². The second kappa shape index (κ2) is 6.47. The molecule has 0 atom stereocenters. The molecule has 2 aromatic rings. The molecule has 1 saturated carbocycles. The quantitative estimate of drug-likeness (QED) is 0.904. The third-order valence-corrected chi connectivity index (χ3v) is 3.86. The second-order valence-electron chi connectivity index (χ2n) is 5.48. The fourth-order valence-corrected chi connectivity index (χ4v) is 2.71. The summed E-state index contributed by atoms with van der Waals surface area (Å²) >= 11 is 0. The number of benzene rings is 1. The van der Waals surface area contributed by atoms with Crippen LogP contribution in [0, 0.1) is 5.92 Å². The van der Waals surface area contributed by atoms with Crippen molar-refractivity contribution in [3.8, 4) is 0 Å². The molecule has 2 N–H and O–H groups in total. The number of hydrogen-bond donors (Lipinski definition) is 2. The highest BCUT2D eigenvalue weighted by molar-refractivity contribution is 6.02. The van der Waals surface area contributed by atoms with Crippen molar-refractivity contribution in [3.63, 3.8) is 0 Å². The van der Waals surface area contributed by atoms with Gasteiger partial charge in [-0.3, -0.25) is 9.59 Å². The Morgan fingerprint density at radius 2 is 1.73 bits per heavy atom. The molecular formula is C17H18N2O3. The van der Waals surface area contributed by atoms with Crippen LogP contribution in [0.25, 0.3) is 0 Å². The zero-order valence-electron chi connectivity index (χ0n) is 12.2. The predicted octanol–water partition coefficient (Wildman–Crippen LogP) is 3.66. The van der Waals surface area contributed by atoms with Gasteiger partial charge < -0.3 is 15.1 Å². The van der Waals surface area contributed by atoms with Crippen LogP contribution in [-0.2, 0) is 4.79 Å². The van der Waals surface area contributed by atoms with Gasteiger partial charge in [-0.1, -0.05) is 18.9 Å². The lowest BCUT2D eigenvalue weighted by molar-refractivity contribution is -0.119. The van der Waals surface area contributed by atoms with E-state index in [4.69, 9.17) is 4.42 Å². The van der Waals surface area contributed by atoms with Crippen LogP contribution in [0.2, 0.25) is 0 Å². The summed E-state index contributed by atoms with van der Waals surface area (Å²) in [5.74, 6) is 0.109. The Balaban J connectivity index is 1.64. The molecule has 0 aliphatic heterocycles. The average Bonchev–Trinajstić information content (AvgIpc) is 3.21. The van der Waals surface area contributed by atoms with Crippen molar-refractivity contribution in [3.05, 3.63) is 48.4 Å². The van der Waals surface area contributed by atoms with E-state index in [0.717, 1.165) is 25.7 Å². The fraction of sp³-hybridized carbons (Fsp3) is 0.294. The van der Waals surface area contributed by atoms with E-state index in [9.17, 15) is 9.59 Å². The van der Waals surface area contributed by atoms with Crippen LogP contribution in [0.5, 0.6) is 0 Å². The SMILES string of the molecule is O=C(Nc1cccc(NC(=O)C2CCCC2)c1)c1ccco1. The molecule has 0 radical (unpaired) electrons. The van der Waals surface area contributed by atoms with E-state index in [2.05, 4.69) is 10.6 Å². The summed E-state index contributed by atoms with van der Waals surface area (Å²) in [6, 6.07) is 10.4. The van der Waals surface area contributed by atoms with Crippen molar-refractivity contribution in [2.75, 3.05) is 10.6 Å². The highest BCUT2D eigenvalue weighted by Gasteiger charge is 2.22. The van der Waals surface area contributed by atoms with Crippen LogP contribution in [0.4, 0.5) is 11.4 Å². The van der Waals surface area contributed by atoms with Crippen LogP contribution in [0.15, 0.2) is 47.1 Å². The summed E-state index contributed by atoms with van der Waals surface area (Å²) in [6.45, 7) is 0. The van der Waals surface area contributed by atoms with Crippen molar-refractivity contribution in [1.82, 2.24) is 0 Å². The van der Waals surface area contributed by atoms with Gasteiger partial charge in [-0.2, -0.15) is 0 Å². The van der Waals surface area contributed by atoms with Crippen LogP contribution in [0.3, 0.4) is 0 Å². The number of carbonyl (C=O) groups is 2. The molecule has 0 bridgehead atoms. The zero-order valence-corrected chi connectivity index (χ0v) is 12.2. The van der Waals surface area contributed by atoms with E-state index in [0.29, 0.717) is 11.4 Å². The summed E-state index contributed by atoms with van der Waals surface area (Å²) in [6.07, 6.45) is 5.61. The standard InChI is InChI=1S/C17H18N2O3/c20-16(12-5-1-2-6-12)18-13-7-3-8-14(11-13)19-17(21)15-9-4-10-22-15/h3-4,7-12H,1-2,5-6H2,(H,18,20)(H,19,21). The van der Waals surface area contributed by atoms with Gasteiger partial charge in [-0.25, -0.2) is 0 Å². The van der Waals surface area contributed by atoms with Crippen LogP contribution in [-0.4, -0.2) is 11.8 Å². The molecule has 1 fully saturated rings. The van der Waals surface area contributed by atoms with Crippen molar-refractivity contribution in [1.29, 1.82) is 0 Å². The number of amides is 2. The largest absolute Gasteiger partial charge is 0.459 e. The topological polar surface area (TPSA) is 71.3 Å². The molecule has 22 heavy (non-hydrogen) atoms. The summed E-state index contributed by atoms with van der Waals surface area (Å²) in [5.41, 5.74) is 1.31. The highest BCUT2D eigenvalue weighted by atomic mass is 16.3. The van der Waals surface area contributed by atoms with Crippen molar-refractivity contribution >= 4 is 23.2 Å². The maximum Gasteiger partial charge on any atom is 0.291 e. The van der Waals surface area contributed by atoms with Gasteiger partial charge in [0.2, 0.25) is 5.91 Å². The minimum absolute atomic E-state index is 0.0620. The lowest BCUT2D eigenvalue weighted by Gasteiger charge is -2.11. The molecule has 0 spiro atoms. The first-order chi connectivity index (χ1) is 10.7. The Hall–Kier alpha value is -2.56. The van der Waals surface area contributed by atoms with E-state index in [1.165, 1.54) is 6.26 Å². The van der Waals surface area contributed by atoms with E-state index in [-0.39, 0.29) is 23.5 Å². The number of nitrogens with one attached hydrogen (secondary N) is 2. The maximum absolute atomic E-state index is 12.1. The first-order valence-electron chi connectivity index (χ1n) is 7.48. The molecule has 5 heteroatoms. The first kappa shape index (κ1) is 14.4. The minimum Gasteiger partial charge on any atom is -0.459 e. The molecular weight excluding hydrogens is 280 g/mol. The Labute approximate surface area is 128 Å². The first-order valence-corrected chi connectivity index (χ1v) is 7.48. The van der Waals surface area contributed by atoms with Crippen molar-refractivity contribution < 1.29 is 14.0 Å². The highest BCUT2D eigenvalue weighted by Crippen LogP contribution is 2.26. The van der Waals surface area contributed by atoms with Gasteiger partial charge in [0, 0.05) is 17.3 Å². The number of anilines is 2. The van der Waals surface area contributed by atoms with Gasteiger partial charge >= 0.3 is 0 Å². The lowest BCUT2D eigenvalue weighted by atomic mass is 10.1. The third-order valence-electron chi connectivity index (χ3n) is 3.86. The van der Waals surface area contributed by atoms with Gasteiger partial charge in [0.15, 0.2) is 5.76 Å².